The minimum atomic E-state index is -3.29. The van der Waals surface area contributed by atoms with Crippen molar-refractivity contribution in [1.29, 1.82) is 0 Å². The molecule has 0 spiro atoms. The van der Waals surface area contributed by atoms with Gasteiger partial charge in [-0.05, 0) is 48.2 Å². The Morgan fingerprint density at radius 1 is 1.17 bits per heavy atom. The van der Waals surface area contributed by atoms with Crippen LogP contribution in [-0.4, -0.2) is 48.6 Å². The maximum Gasteiger partial charge on any atom is 0.293 e. The highest BCUT2D eigenvalue weighted by molar-refractivity contribution is 7.90. The van der Waals surface area contributed by atoms with Crippen molar-refractivity contribution in [1.82, 2.24) is 9.99 Å². The fourth-order valence-corrected chi connectivity index (χ4v) is 4.66. The molecular formula is C25H26N4O5S. The lowest BCUT2D eigenvalue weighted by Gasteiger charge is -2.35. The van der Waals surface area contributed by atoms with Crippen LogP contribution in [0, 0.1) is 5.92 Å². The van der Waals surface area contributed by atoms with Crippen LogP contribution in [0.5, 0.6) is 0 Å². The Balaban J connectivity index is 1.54. The van der Waals surface area contributed by atoms with Crippen molar-refractivity contribution in [3.8, 4) is 0 Å². The number of hydrogen-bond acceptors (Lipinski definition) is 8. The molecule has 2 atom stereocenters. The predicted octanol–water partition coefficient (Wildman–Crippen LogP) is 3.53. The number of carbonyl (C=O) groups is 2. The highest BCUT2D eigenvalue weighted by Crippen LogP contribution is 2.28. The van der Waals surface area contributed by atoms with Crippen LogP contribution >= 0.6 is 0 Å². The summed E-state index contributed by atoms with van der Waals surface area (Å²) in [4.78, 5) is 28.0. The zero-order valence-corrected chi connectivity index (χ0v) is 20.2. The van der Waals surface area contributed by atoms with Crippen LogP contribution in [0.1, 0.15) is 41.4 Å². The second kappa shape index (κ2) is 10.2. The normalized spacial score (nSPS) is 18.1. The lowest BCUT2D eigenvalue weighted by Crippen LogP contribution is -2.41. The van der Waals surface area contributed by atoms with Gasteiger partial charge in [0.05, 0.1) is 23.3 Å². The molecule has 1 aliphatic rings. The summed E-state index contributed by atoms with van der Waals surface area (Å²) in [7, 11) is -3.29. The number of hydrazone groups is 1. The van der Waals surface area contributed by atoms with E-state index in [2.05, 4.69) is 10.3 Å². The van der Waals surface area contributed by atoms with E-state index in [1.165, 1.54) is 18.8 Å². The molecule has 0 aliphatic carbocycles. The SMILES string of the molecule is CC[C@@H]1CC(C=O)N(Cc2ccc(NC(=O)c3cnco3)cc2)N=C1c1ccc(S(C)(=O)=O)cc1. The average Bonchev–Trinajstić information content (AvgIpc) is 3.40. The molecule has 1 N–H and O–H groups in total. The minimum absolute atomic E-state index is 0.0826. The summed E-state index contributed by atoms with van der Waals surface area (Å²) >= 11 is 0. The van der Waals surface area contributed by atoms with E-state index in [4.69, 9.17) is 9.52 Å². The van der Waals surface area contributed by atoms with Crippen molar-refractivity contribution in [2.45, 2.75) is 37.2 Å². The lowest BCUT2D eigenvalue weighted by molar-refractivity contribution is -0.113. The summed E-state index contributed by atoms with van der Waals surface area (Å²) in [6.07, 6.45) is 6.06. The molecule has 1 unspecified atom stereocenters. The molecule has 10 heteroatoms. The summed E-state index contributed by atoms with van der Waals surface area (Å²) in [5.41, 5.74) is 3.19. The Hall–Kier alpha value is -3.79. The van der Waals surface area contributed by atoms with E-state index in [9.17, 15) is 18.0 Å². The molecule has 9 nitrogen and oxygen atoms in total. The van der Waals surface area contributed by atoms with Crippen molar-refractivity contribution in [2.75, 3.05) is 11.6 Å². The highest BCUT2D eigenvalue weighted by atomic mass is 32.2. The van der Waals surface area contributed by atoms with Crippen molar-refractivity contribution >= 4 is 33.4 Å². The van der Waals surface area contributed by atoms with Gasteiger partial charge >= 0.3 is 0 Å². The van der Waals surface area contributed by atoms with Crippen molar-refractivity contribution in [2.24, 2.45) is 11.0 Å². The number of amides is 1. The number of nitrogens with one attached hydrogen (secondary N) is 1. The molecule has 1 aliphatic heterocycles. The Kier molecular flexibility index (Phi) is 7.11. The third-order valence-corrected chi connectivity index (χ3v) is 7.10. The quantitative estimate of drug-likeness (QED) is 0.475. The van der Waals surface area contributed by atoms with Gasteiger partial charge in [-0.15, -0.1) is 0 Å². The van der Waals surface area contributed by atoms with Crippen LogP contribution in [0.15, 0.2) is 75.5 Å². The first-order valence-electron chi connectivity index (χ1n) is 11.2. The van der Waals surface area contributed by atoms with E-state index >= 15 is 0 Å². The standard InChI is InChI=1S/C25H26N4O5S/c1-3-18-12-21(15-30)29(28-24(18)19-6-10-22(11-7-19)35(2,32)33)14-17-4-8-20(9-5-17)27-25(31)23-13-26-16-34-23/h4-11,13,15-16,18,21H,3,12,14H2,1-2H3,(H,27,31)/t18-,21?/m1/s1. The molecule has 4 rings (SSSR count). The van der Waals surface area contributed by atoms with Gasteiger partial charge in [0, 0.05) is 17.9 Å². The average molecular weight is 495 g/mol. The van der Waals surface area contributed by atoms with Gasteiger partial charge in [-0.25, -0.2) is 13.4 Å². The first kappa shape index (κ1) is 24.3. The van der Waals surface area contributed by atoms with Crippen molar-refractivity contribution in [3.63, 3.8) is 0 Å². The second-order valence-electron chi connectivity index (χ2n) is 8.44. The number of nitrogens with zero attached hydrogens (tertiary/aromatic N) is 3. The first-order valence-corrected chi connectivity index (χ1v) is 13.1. The number of aromatic nitrogens is 1. The molecule has 0 bridgehead atoms. The smallest absolute Gasteiger partial charge is 0.293 e. The molecule has 3 aromatic rings. The van der Waals surface area contributed by atoms with Gasteiger partial charge in [0.25, 0.3) is 5.91 Å². The van der Waals surface area contributed by atoms with Gasteiger partial charge in [0.15, 0.2) is 16.2 Å². The molecule has 0 saturated heterocycles. The number of hydrogen-bond donors (Lipinski definition) is 1. The molecule has 1 aromatic heterocycles. The molecular weight excluding hydrogens is 468 g/mol. The van der Waals surface area contributed by atoms with Crippen LogP contribution in [0.2, 0.25) is 0 Å². The summed E-state index contributed by atoms with van der Waals surface area (Å²) in [5, 5.41) is 9.33. The number of carbonyl (C=O) groups excluding carboxylic acids is 2. The van der Waals surface area contributed by atoms with Crippen molar-refractivity contribution in [3.05, 3.63) is 78.0 Å². The number of sulfone groups is 1. The number of rotatable bonds is 8. The number of aldehydes is 1. The van der Waals surface area contributed by atoms with Gasteiger partial charge in [-0.1, -0.05) is 31.2 Å². The van der Waals surface area contributed by atoms with E-state index in [1.54, 1.807) is 41.4 Å². The largest absolute Gasteiger partial charge is 0.438 e. The zero-order valence-electron chi connectivity index (χ0n) is 19.4. The fourth-order valence-electron chi connectivity index (χ4n) is 4.02. The molecule has 2 aromatic carbocycles. The number of anilines is 1. The molecule has 35 heavy (non-hydrogen) atoms. The van der Waals surface area contributed by atoms with Gasteiger partial charge in [0.1, 0.15) is 12.3 Å². The minimum Gasteiger partial charge on any atom is -0.438 e. The maximum absolute atomic E-state index is 12.1. The summed E-state index contributed by atoms with van der Waals surface area (Å²) in [5.74, 6) is -0.193. The topological polar surface area (TPSA) is 122 Å². The van der Waals surface area contributed by atoms with Gasteiger partial charge in [-0.3, -0.25) is 9.80 Å². The second-order valence-corrected chi connectivity index (χ2v) is 10.5. The Morgan fingerprint density at radius 2 is 1.89 bits per heavy atom. The number of benzene rings is 2. The zero-order chi connectivity index (χ0) is 25.0. The van der Waals surface area contributed by atoms with E-state index in [0.29, 0.717) is 18.7 Å². The third-order valence-electron chi connectivity index (χ3n) is 5.97. The molecule has 182 valence electrons. The highest BCUT2D eigenvalue weighted by Gasteiger charge is 2.30. The van der Waals surface area contributed by atoms with Crippen LogP contribution in [0.4, 0.5) is 5.69 Å². The van der Waals surface area contributed by atoms with Crippen LogP contribution < -0.4 is 5.32 Å². The molecule has 1 amide bonds. The van der Waals surface area contributed by atoms with E-state index in [-0.39, 0.29) is 22.6 Å². The number of oxazole rings is 1. The fraction of sp³-hybridized carbons (Fsp3) is 0.280. The van der Waals surface area contributed by atoms with Crippen molar-refractivity contribution < 1.29 is 22.4 Å². The summed E-state index contributed by atoms with van der Waals surface area (Å²) in [6.45, 7) is 2.45. The molecule has 0 fully saturated rings. The molecule has 2 heterocycles. The Labute approximate surface area is 203 Å². The third kappa shape index (κ3) is 5.65. The first-order chi connectivity index (χ1) is 16.8. The van der Waals surface area contributed by atoms with Crippen LogP contribution in [-0.2, 0) is 21.2 Å². The van der Waals surface area contributed by atoms with Crippen LogP contribution in [0.3, 0.4) is 0 Å². The lowest BCUT2D eigenvalue weighted by atomic mass is 9.87. The summed E-state index contributed by atoms with van der Waals surface area (Å²) < 4.78 is 28.6. The van der Waals surface area contributed by atoms with E-state index in [1.807, 2.05) is 19.1 Å². The Bertz CT molecular complexity index is 1320. The van der Waals surface area contributed by atoms with E-state index < -0.39 is 15.7 Å². The van der Waals surface area contributed by atoms with Gasteiger partial charge in [-0.2, -0.15) is 5.10 Å². The maximum atomic E-state index is 12.1. The predicted molar refractivity (Wildman–Crippen MR) is 131 cm³/mol. The Morgan fingerprint density at radius 3 is 2.46 bits per heavy atom. The van der Waals surface area contributed by atoms with E-state index in [0.717, 1.165) is 29.5 Å². The van der Waals surface area contributed by atoms with Gasteiger partial charge in [0.2, 0.25) is 5.76 Å². The van der Waals surface area contributed by atoms with Crippen LogP contribution in [0.25, 0.3) is 0 Å². The molecule has 0 saturated carbocycles. The monoisotopic (exact) mass is 494 g/mol. The molecule has 0 radical (unpaired) electrons. The van der Waals surface area contributed by atoms with Gasteiger partial charge < -0.3 is 14.5 Å². The summed E-state index contributed by atoms with van der Waals surface area (Å²) in [6, 6.07) is 13.6.